The SMILES string of the molecule is C=C(CCCC)CC(=C/C(C)c1cc(F)cc(F)c1)/C(C(C)=NC)=C(\CC(=C)CCN(CC(C)C)C(=O)OC(C)(C)C)C(=C)C. The Labute approximate surface area is 272 Å². The van der Waals surface area contributed by atoms with Crippen LogP contribution in [-0.4, -0.2) is 42.4 Å². The number of allylic oxidation sites excluding steroid dienone is 6. The first-order valence-electron chi connectivity index (χ1n) is 16.2. The van der Waals surface area contributed by atoms with Crippen LogP contribution in [0.5, 0.6) is 0 Å². The van der Waals surface area contributed by atoms with Gasteiger partial charge in [0, 0.05) is 37.5 Å². The van der Waals surface area contributed by atoms with Gasteiger partial charge < -0.3 is 9.64 Å². The Morgan fingerprint density at radius 2 is 1.58 bits per heavy atom. The number of amides is 1. The Kier molecular flexibility index (Phi) is 16.5. The lowest BCUT2D eigenvalue weighted by atomic mass is 9.83. The maximum Gasteiger partial charge on any atom is 0.410 e. The van der Waals surface area contributed by atoms with Crippen LogP contribution in [0.1, 0.15) is 112 Å². The van der Waals surface area contributed by atoms with Crippen molar-refractivity contribution in [1.82, 2.24) is 4.90 Å². The first-order chi connectivity index (χ1) is 20.9. The maximum absolute atomic E-state index is 14.2. The van der Waals surface area contributed by atoms with E-state index in [1.54, 1.807) is 11.9 Å². The van der Waals surface area contributed by atoms with E-state index in [-0.39, 0.29) is 17.9 Å². The van der Waals surface area contributed by atoms with Crippen molar-refractivity contribution in [1.29, 1.82) is 0 Å². The number of carbonyl (C=O) groups is 1. The zero-order valence-electron chi connectivity index (χ0n) is 29.7. The summed E-state index contributed by atoms with van der Waals surface area (Å²) in [7, 11) is 1.76. The minimum atomic E-state index is -0.599. The molecule has 45 heavy (non-hydrogen) atoms. The van der Waals surface area contributed by atoms with Gasteiger partial charge in [-0.05, 0) is 107 Å². The van der Waals surface area contributed by atoms with Crippen LogP contribution in [-0.2, 0) is 4.74 Å². The van der Waals surface area contributed by atoms with E-state index in [1.165, 1.54) is 12.1 Å². The molecular formula is C39H58F2N2O2. The molecule has 1 atom stereocenters. The van der Waals surface area contributed by atoms with Crippen LogP contribution >= 0.6 is 0 Å². The van der Waals surface area contributed by atoms with Crippen molar-refractivity contribution in [2.24, 2.45) is 10.9 Å². The summed E-state index contributed by atoms with van der Waals surface area (Å²) in [5.41, 5.74) is 6.70. The Hall–Kier alpha value is -3.28. The van der Waals surface area contributed by atoms with Crippen LogP contribution in [0.2, 0.25) is 0 Å². The molecule has 1 aromatic carbocycles. The van der Waals surface area contributed by atoms with Crippen molar-refractivity contribution >= 4 is 11.8 Å². The third-order valence-corrected chi connectivity index (χ3v) is 7.42. The van der Waals surface area contributed by atoms with E-state index in [9.17, 15) is 13.6 Å². The number of carbonyl (C=O) groups excluding carboxylic acids is 1. The molecule has 1 unspecified atom stereocenters. The number of ether oxygens (including phenoxy) is 1. The number of hydrogen-bond donors (Lipinski definition) is 0. The maximum atomic E-state index is 14.2. The molecule has 0 radical (unpaired) electrons. The van der Waals surface area contributed by atoms with Gasteiger partial charge in [0.25, 0.3) is 0 Å². The van der Waals surface area contributed by atoms with Crippen molar-refractivity contribution in [2.45, 2.75) is 112 Å². The molecular weight excluding hydrogens is 566 g/mol. The second-order valence-electron chi connectivity index (χ2n) is 13.7. The summed E-state index contributed by atoms with van der Waals surface area (Å²) in [5.74, 6) is -1.18. The number of nitrogens with zero attached hydrogens (tertiary/aromatic N) is 2. The topological polar surface area (TPSA) is 41.9 Å². The van der Waals surface area contributed by atoms with E-state index < -0.39 is 17.2 Å². The van der Waals surface area contributed by atoms with Crippen molar-refractivity contribution in [3.63, 3.8) is 0 Å². The molecule has 0 spiro atoms. The molecule has 1 aromatic rings. The highest BCUT2D eigenvalue weighted by molar-refractivity contribution is 6.03. The van der Waals surface area contributed by atoms with E-state index in [2.05, 4.69) is 51.6 Å². The van der Waals surface area contributed by atoms with Gasteiger partial charge in [0.15, 0.2) is 0 Å². The summed E-state index contributed by atoms with van der Waals surface area (Å²) in [6.07, 6.45) is 6.48. The molecule has 0 bridgehead atoms. The minimum absolute atomic E-state index is 0.267. The molecule has 0 heterocycles. The molecule has 4 nitrogen and oxygen atoms in total. The first-order valence-corrected chi connectivity index (χ1v) is 16.2. The fourth-order valence-electron chi connectivity index (χ4n) is 5.12. The fourth-order valence-corrected chi connectivity index (χ4v) is 5.12. The Bertz CT molecular complexity index is 1270. The highest BCUT2D eigenvalue weighted by Gasteiger charge is 2.24. The van der Waals surface area contributed by atoms with Crippen LogP contribution in [0.4, 0.5) is 13.6 Å². The van der Waals surface area contributed by atoms with Crippen LogP contribution in [0.3, 0.4) is 0 Å². The predicted molar refractivity (Wildman–Crippen MR) is 188 cm³/mol. The zero-order chi connectivity index (χ0) is 34.5. The van der Waals surface area contributed by atoms with E-state index in [1.807, 2.05) is 41.5 Å². The molecule has 0 aliphatic heterocycles. The van der Waals surface area contributed by atoms with Gasteiger partial charge in [0.05, 0.1) is 0 Å². The average molecular weight is 625 g/mol. The van der Waals surface area contributed by atoms with Gasteiger partial charge in [-0.2, -0.15) is 0 Å². The summed E-state index contributed by atoms with van der Waals surface area (Å²) < 4.78 is 34.0. The number of aliphatic imine (C=N–C) groups is 1. The zero-order valence-corrected chi connectivity index (χ0v) is 29.7. The highest BCUT2D eigenvalue weighted by atomic mass is 19.1. The van der Waals surface area contributed by atoms with Gasteiger partial charge in [0.1, 0.15) is 17.2 Å². The molecule has 1 rings (SSSR count). The lowest BCUT2D eigenvalue weighted by molar-refractivity contribution is 0.0230. The molecule has 0 fully saturated rings. The van der Waals surface area contributed by atoms with Crippen molar-refractivity contribution in [3.8, 4) is 0 Å². The van der Waals surface area contributed by atoms with E-state index in [0.717, 1.165) is 64.5 Å². The second-order valence-corrected chi connectivity index (χ2v) is 13.7. The third-order valence-electron chi connectivity index (χ3n) is 7.42. The van der Waals surface area contributed by atoms with Gasteiger partial charge in [0.2, 0.25) is 0 Å². The lowest BCUT2D eigenvalue weighted by Gasteiger charge is -2.29. The quantitative estimate of drug-likeness (QED) is 0.0983. The molecule has 0 saturated carbocycles. The number of unbranched alkanes of at least 4 members (excludes halogenated alkanes) is 1. The smallest absolute Gasteiger partial charge is 0.410 e. The number of hydrogen-bond acceptors (Lipinski definition) is 3. The summed E-state index contributed by atoms with van der Waals surface area (Å²) in [5, 5.41) is 0. The van der Waals surface area contributed by atoms with Crippen molar-refractivity contribution in [2.75, 3.05) is 20.1 Å². The minimum Gasteiger partial charge on any atom is -0.444 e. The van der Waals surface area contributed by atoms with Crippen LogP contribution in [0, 0.1) is 17.6 Å². The lowest BCUT2D eigenvalue weighted by Crippen LogP contribution is -2.39. The molecule has 0 aliphatic rings. The largest absolute Gasteiger partial charge is 0.444 e. The van der Waals surface area contributed by atoms with Gasteiger partial charge >= 0.3 is 6.09 Å². The van der Waals surface area contributed by atoms with E-state index in [0.29, 0.717) is 37.9 Å². The standard InChI is InChI=1S/C39H58F2N2O2/c1-14-15-16-28(6)19-33(21-30(8)32-22-34(40)24-35(41)23-32)37(31(9)42-13)36(27(4)5)20-29(7)17-18-43(25-26(2)3)38(44)45-39(10,11)12/h21-24,26,30H,4,6-7,14-20,25H2,1-3,5,8-13H3/b33-21-,37-36+,42-31?. The van der Waals surface area contributed by atoms with Crippen molar-refractivity contribution in [3.05, 3.63) is 94.6 Å². The predicted octanol–water partition coefficient (Wildman–Crippen LogP) is 11.3. The molecule has 6 heteroatoms. The van der Waals surface area contributed by atoms with E-state index in [4.69, 9.17) is 4.74 Å². The Balaban J connectivity index is 3.61. The van der Waals surface area contributed by atoms with Gasteiger partial charge in [-0.1, -0.05) is 76.6 Å². The van der Waals surface area contributed by atoms with Crippen LogP contribution < -0.4 is 0 Å². The summed E-state index contributed by atoms with van der Waals surface area (Å²) in [6.45, 7) is 32.0. The summed E-state index contributed by atoms with van der Waals surface area (Å²) in [6, 6.07) is 3.66. The average Bonchev–Trinajstić information content (AvgIpc) is 2.91. The molecule has 250 valence electrons. The Morgan fingerprint density at radius 1 is 1.00 bits per heavy atom. The second kappa shape index (κ2) is 18.6. The highest BCUT2D eigenvalue weighted by Crippen LogP contribution is 2.34. The third kappa shape index (κ3) is 14.6. The molecule has 1 amide bonds. The van der Waals surface area contributed by atoms with Gasteiger partial charge in [-0.15, -0.1) is 0 Å². The van der Waals surface area contributed by atoms with Crippen LogP contribution in [0.15, 0.2) is 82.4 Å². The Morgan fingerprint density at radius 3 is 2.07 bits per heavy atom. The molecule has 0 aliphatic carbocycles. The fraction of sp³-hybridized carbons (Fsp3) is 0.538. The monoisotopic (exact) mass is 624 g/mol. The van der Waals surface area contributed by atoms with Gasteiger partial charge in [-0.25, -0.2) is 13.6 Å². The summed E-state index contributed by atoms with van der Waals surface area (Å²) >= 11 is 0. The van der Waals surface area contributed by atoms with Gasteiger partial charge in [-0.3, -0.25) is 4.99 Å². The van der Waals surface area contributed by atoms with Crippen LogP contribution in [0.25, 0.3) is 0 Å². The number of halogens is 2. The summed E-state index contributed by atoms with van der Waals surface area (Å²) in [4.78, 5) is 19.3. The van der Waals surface area contributed by atoms with E-state index >= 15 is 0 Å². The molecule has 0 aromatic heterocycles. The molecule has 0 N–H and O–H groups in total. The normalized spacial score (nSPS) is 13.8. The molecule has 0 saturated heterocycles. The number of benzene rings is 1. The van der Waals surface area contributed by atoms with Crippen molar-refractivity contribution < 1.29 is 18.3 Å². The number of rotatable bonds is 17. The first kappa shape index (κ1) is 39.7.